The molecule has 1 saturated heterocycles. The van der Waals surface area contributed by atoms with E-state index < -0.39 is 0 Å². The maximum absolute atomic E-state index is 11.9. The van der Waals surface area contributed by atoms with Crippen LogP contribution in [0.25, 0.3) is 0 Å². The van der Waals surface area contributed by atoms with Gasteiger partial charge in [0.05, 0.1) is 0 Å². The number of amides is 2. The molecule has 1 aliphatic carbocycles. The first-order valence-electron chi connectivity index (χ1n) is 8.26. The van der Waals surface area contributed by atoms with Gasteiger partial charge in [-0.05, 0) is 37.5 Å². The second kappa shape index (κ2) is 6.79. The molecule has 2 fully saturated rings. The van der Waals surface area contributed by atoms with Crippen LogP contribution in [0, 0.1) is 5.41 Å². The van der Waals surface area contributed by atoms with E-state index in [2.05, 4.69) is 12.2 Å². The van der Waals surface area contributed by atoms with Crippen LogP contribution in [0.4, 0.5) is 4.79 Å². The van der Waals surface area contributed by atoms with Gasteiger partial charge in [0.15, 0.2) is 0 Å². The maximum Gasteiger partial charge on any atom is 0.319 e. The lowest BCUT2D eigenvalue weighted by Crippen LogP contribution is -2.49. The zero-order valence-corrected chi connectivity index (χ0v) is 13.5. The monoisotopic (exact) mass is 281 g/mol. The summed E-state index contributed by atoms with van der Waals surface area (Å²) in [6.07, 6.45) is 9.11. The molecule has 0 atom stereocenters. The predicted molar refractivity (Wildman–Crippen MR) is 82.9 cm³/mol. The number of nitrogens with zero attached hydrogens (tertiary/aromatic N) is 2. The van der Waals surface area contributed by atoms with E-state index in [1.54, 1.807) is 4.90 Å². The fourth-order valence-corrected chi connectivity index (χ4v) is 3.70. The van der Waals surface area contributed by atoms with Gasteiger partial charge in [-0.3, -0.25) is 0 Å². The molecule has 1 aliphatic heterocycles. The first-order valence-corrected chi connectivity index (χ1v) is 8.26. The Morgan fingerprint density at radius 2 is 1.85 bits per heavy atom. The van der Waals surface area contributed by atoms with Crippen molar-refractivity contribution in [3.05, 3.63) is 0 Å². The van der Waals surface area contributed by atoms with Gasteiger partial charge in [-0.1, -0.05) is 19.8 Å². The molecule has 2 aliphatic rings. The third-order valence-electron chi connectivity index (χ3n) is 5.33. The number of urea groups is 1. The zero-order chi connectivity index (χ0) is 14.6. The summed E-state index contributed by atoms with van der Waals surface area (Å²) in [5.74, 6) is 0. The third kappa shape index (κ3) is 3.66. The van der Waals surface area contributed by atoms with E-state index in [0.29, 0.717) is 11.5 Å². The summed E-state index contributed by atoms with van der Waals surface area (Å²) in [6, 6.07) is 0.759. The molecular formula is C16H31N3O. The number of carbonyl (C=O) groups excluding carboxylic acids is 1. The van der Waals surface area contributed by atoms with E-state index in [9.17, 15) is 4.79 Å². The third-order valence-corrected chi connectivity index (χ3v) is 5.33. The maximum atomic E-state index is 11.9. The van der Waals surface area contributed by atoms with E-state index in [1.165, 1.54) is 38.6 Å². The highest BCUT2D eigenvalue weighted by atomic mass is 16.2. The van der Waals surface area contributed by atoms with Gasteiger partial charge in [0.25, 0.3) is 0 Å². The van der Waals surface area contributed by atoms with Crippen LogP contribution in [0.5, 0.6) is 0 Å². The zero-order valence-electron chi connectivity index (χ0n) is 13.5. The molecule has 0 bridgehead atoms. The molecule has 2 rings (SSSR count). The second-order valence-electron chi connectivity index (χ2n) is 6.88. The van der Waals surface area contributed by atoms with Crippen LogP contribution in [0.15, 0.2) is 0 Å². The predicted octanol–water partition coefficient (Wildman–Crippen LogP) is 2.69. The van der Waals surface area contributed by atoms with Crippen molar-refractivity contribution in [3.63, 3.8) is 0 Å². The molecule has 0 radical (unpaired) electrons. The minimum atomic E-state index is 0.157. The minimum absolute atomic E-state index is 0.157. The summed E-state index contributed by atoms with van der Waals surface area (Å²) in [5.41, 5.74) is 0.566. The van der Waals surface area contributed by atoms with Crippen LogP contribution in [-0.4, -0.2) is 55.6 Å². The number of hydrogen-bond donors (Lipinski definition) is 1. The lowest BCUT2D eigenvalue weighted by molar-refractivity contribution is 0.148. The summed E-state index contributed by atoms with van der Waals surface area (Å²) in [6.45, 7) is 5.31. The Labute approximate surface area is 123 Å². The van der Waals surface area contributed by atoms with Gasteiger partial charge in [0.1, 0.15) is 0 Å². The normalized spacial score (nSPS) is 23.1. The fourth-order valence-electron chi connectivity index (χ4n) is 3.70. The van der Waals surface area contributed by atoms with Crippen molar-refractivity contribution < 1.29 is 4.79 Å². The Morgan fingerprint density at radius 3 is 2.35 bits per heavy atom. The van der Waals surface area contributed by atoms with Gasteiger partial charge in [0.2, 0.25) is 0 Å². The molecule has 0 aromatic rings. The highest BCUT2D eigenvalue weighted by molar-refractivity contribution is 5.73. The molecule has 1 N–H and O–H groups in total. The average Bonchev–Trinajstić information content (AvgIpc) is 2.94. The first kappa shape index (κ1) is 15.6. The van der Waals surface area contributed by atoms with Gasteiger partial charge in [-0.25, -0.2) is 4.79 Å². The molecule has 0 spiro atoms. The van der Waals surface area contributed by atoms with Crippen LogP contribution >= 0.6 is 0 Å². The Bertz CT molecular complexity index is 316. The van der Waals surface area contributed by atoms with Crippen LogP contribution in [0.1, 0.15) is 51.9 Å². The second-order valence-corrected chi connectivity index (χ2v) is 6.88. The Balaban J connectivity index is 1.73. The van der Waals surface area contributed by atoms with Crippen LogP contribution in [0.3, 0.4) is 0 Å². The first-order chi connectivity index (χ1) is 9.56. The minimum Gasteiger partial charge on any atom is -0.331 e. The van der Waals surface area contributed by atoms with Gasteiger partial charge in [0, 0.05) is 39.8 Å². The Kier molecular flexibility index (Phi) is 5.30. The Hall–Kier alpha value is -0.770. The van der Waals surface area contributed by atoms with E-state index in [4.69, 9.17) is 0 Å². The smallest absolute Gasteiger partial charge is 0.319 e. The quantitative estimate of drug-likeness (QED) is 0.860. The molecule has 0 unspecified atom stereocenters. The lowest BCUT2D eigenvalue weighted by Gasteiger charge is -2.36. The van der Waals surface area contributed by atoms with E-state index >= 15 is 0 Å². The molecular weight excluding hydrogens is 250 g/mol. The largest absolute Gasteiger partial charge is 0.331 e. The molecule has 4 heteroatoms. The van der Waals surface area contributed by atoms with Crippen molar-refractivity contribution in [2.24, 2.45) is 5.41 Å². The van der Waals surface area contributed by atoms with Crippen molar-refractivity contribution in [1.82, 2.24) is 15.1 Å². The molecule has 1 heterocycles. The van der Waals surface area contributed by atoms with Gasteiger partial charge >= 0.3 is 6.03 Å². The number of carbonyl (C=O) groups is 1. The molecule has 116 valence electrons. The molecule has 0 aromatic heterocycles. The summed E-state index contributed by atoms with van der Waals surface area (Å²) in [7, 11) is 3.66. The number of likely N-dealkylation sites (tertiary alicyclic amines) is 1. The van der Waals surface area contributed by atoms with E-state index in [1.807, 2.05) is 19.0 Å². The number of rotatable bonds is 4. The van der Waals surface area contributed by atoms with E-state index in [0.717, 1.165) is 25.9 Å². The van der Waals surface area contributed by atoms with Crippen molar-refractivity contribution in [2.75, 3.05) is 33.7 Å². The molecule has 20 heavy (non-hydrogen) atoms. The molecule has 2 amide bonds. The average molecular weight is 281 g/mol. The standard InChI is InChI=1S/C16H31N3O/c1-4-16(9-5-6-10-16)13-17-14-7-11-19(12-8-14)15(20)18(2)3/h14,17H,4-13H2,1-3H3. The van der Waals surface area contributed by atoms with Crippen LogP contribution < -0.4 is 5.32 Å². The Morgan fingerprint density at radius 1 is 1.25 bits per heavy atom. The highest BCUT2D eigenvalue weighted by Crippen LogP contribution is 2.40. The van der Waals surface area contributed by atoms with Crippen molar-refractivity contribution in [1.29, 1.82) is 0 Å². The molecule has 1 saturated carbocycles. The number of piperidine rings is 1. The van der Waals surface area contributed by atoms with Crippen LogP contribution in [0.2, 0.25) is 0 Å². The SMILES string of the molecule is CCC1(CNC2CCN(C(=O)N(C)C)CC2)CCCC1. The number of hydrogen-bond acceptors (Lipinski definition) is 2. The molecule has 0 aromatic carbocycles. The molecule has 4 nitrogen and oxygen atoms in total. The summed E-state index contributed by atoms with van der Waals surface area (Å²) < 4.78 is 0. The van der Waals surface area contributed by atoms with Crippen molar-refractivity contribution in [3.8, 4) is 0 Å². The van der Waals surface area contributed by atoms with Gasteiger partial charge < -0.3 is 15.1 Å². The number of nitrogens with one attached hydrogen (secondary N) is 1. The summed E-state index contributed by atoms with van der Waals surface area (Å²) in [4.78, 5) is 15.6. The summed E-state index contributed by atoms with van der Waals surface area (Å²) in [5, 5.41) is 3.79. The van der Waals surface area contributed by atoms with Crippen LogP contribution in [-0.2, 0) is 0 Å². The highest BCUT2D eigenvalue weighted by Gasteiger charge is 2.33. The lowest BCUT2D eigenvalue weighted by atomic mass is 9.83. The fraction of sp³-hybridized carbons (Fsp3) is 0.938. The van der Waals surface area contributed by atoms with E-state index in [-0.39, 0.29) is 6.03 Å². The summed E-state index contributed by atoms with van der Waals surface area (Å²) >= 11 is 0. The van der Waals surface area contributed by atoms with Gasteiger partial charge in [-0.2, -0.15) is 0 Å². The van der Waals surface area contributed by atoms with Crippen molar-refractivity contribution in [2.45, 2.75) is 57.9 Å². The topological polar surface area (TPSA) is 35.6 Å². The van der Waals surface area contributed by atoms with Crippen molar-refractivity contribution >= 4 is 6.03 Å². The van der Waals surface area contributed by atoms with Gasteiger partial charge in [-0.15, -0.1) is 0 Å².